The maximum atomic E-state index is 5.82. The summed E-state index contributed by atoms with van der Waals surface area (Å²) in [6.07, 6.45) is 6.30. The Labute approximate surface area is 107 Å². The molecule has 0 aliphatic carbocycles. The second-order valence-corrected chi connectivity index (χ2v) is 6.67. The molecular weight excluding hydrogens is 210 g/mol. The fourth-order valence-electron chi connectivity index (χ4n) is 3.06. The van der Waals surface area contributed by atoms with Gasteiger partial charge in [0.15, 0.2) is 0 Å². The van der Waals surface area contributed by atoms with Gasteiger partial charge >= 0.3 is 0 Å². The Morgan fingerprint density at radius 3 is 2.47 bits per heavy atom. The molecule has 0 aromatic heterocycles. The molecule has 1 aliphatic heterocycles. The van der Waals surface area contributed by atoms with Crippen LogP contribution in [0.5, 0.6) is 0 Å². The fourth-order valence-corrected chi connectivity index (χ4v) is 3.06. The Hall–Kier alpha value is -0.0800. The Balaban J connectivity index is 2.50. The topological polar surface area (TPSA) is 35.2 Å². The van der Waals surface area contributed by atoms with Gasteiger partial charge in [0.25, 0.3) is 0 Å². The molecule has 1 heterocycles. The first kappa shape index (κ1) is 15.0. The average Bonchev–Trinajstić information content (AvgIpc) is 2.22. The predicted molar refractivity (Wildman–Crippen MR) is 74.0 cm³/mol. The summed E-state index contributed by atoms with van der Waals surface area (Å²) >= 11 is 0. The summed E-state index contributed by atoms with van der Waals surface area (Å²) in [5.41, 5.74) is 5.86. The molecule has 1 saturated heterocycles. The Kier molecular flexibility index (Phi) is 5.94. The highest BCUT2D eigenvalue weighted by atomic mass is 16.5. The number of ether oxygens (including phenoxy) is 1. The van der Waals surface area contributed by atoms with Gasteiger partial charge in [-0.3, -0.25) is 0 Å². The zero-order chi connectivity index (χ0) is 12.9. The zero-order valence-corrected chi connectivity index (χ0v) is 12.2. The highest BCUT2D eigenvalue weighted by Crippen LogP contribution is 2.36. The zero-order valence-electron chi connectivity index (χ0n) is 12.2. The van der Waals surface area contributed by atoms with E-state index in [9.17, 15) is 0 Å². The van der Waals surface area contributed by atoms with E-state index in [1.54, 1.807) is 0 Å². The van der Waals surface area contributed by atoms with Crippen LogP contribution < -0.4 is 5.73 Å². The van der Waals surface area contributed by atoms with Crippen molar-refractivity contribution in [2.75, 3.05) is 13.2 Å². The van der Waals surface area contributed by atoms with Crippen LogP contribution in [-0.2, 0) is 4.74 Å². The van der Waals surface area contributed by atoms with E-state index in [0.29, 0.717) is 0 Å². The summed E-state index contributed by atoms with van der Waals surface area (Å²) in [7, 11) is 0. The van der Waals surface area contributed by atoms with Crippen molar-refractivity contribution in [3.05, 3.63) is 0 Å². The van der Waals surface area contributed by atoms with Crippen molar-refractivity contribution >= 4 is 0 Å². The van der Waals surface area contributed by atoms with Crippen molar-refractivity contribution < 1.29 is 4.74 Å². The van der Waals surface area contributed by atoms with E-state index in [4.69, 9.17) is 10.5 Å². The van der Waals surface area contributed by atoms with Gasteiger partial charge in [-0.2, -0.15) is 0 Å². The molecule has 17 heavy (non-hydrogen) atoms. The smallest absolute Gasteiger partial charge is 0.0629 e. The third kappa shape index (κ3) is 5.39. The first-order chi connectivity index (χ1) is 7.94. The molecule has 1 aliphatic rings. The predicted octanol–water partition coefficient (Wildman–Crippen LogP) is 3.59. The van der Waals surface area contributed by atoms with Gasteiger partial charge in [-0.25, -0.2) is 0 Å². The first-order valence-corrected chi connectivity index (χ1v) is 7.28. The van der Waals surface area contributed by atoms with Gasteiger partial charge in [-0.05, 0) is 63.8 Å². The van der Waals surface area contributed by atoms with Gasteiger partial charge in [-0.1, -0.05) is 20.3 Å². The third-order valence-electron chi connectivity index (χ3n) is 4.05. The third-order valence-corrected chi connectivity index (χ3v) is 4.05. The highest BCUT2D eigenvalue weighted by Gasteiger charge is 2.32. The lowest BCUT2D eigenvalue weighted by molar-refractivity contribution is -0.0838. The largest absolute Gasteiger partial charge is 0.376 e. The molecule has 2 N–H and O–H groups in total. The summed E-state index contributed by atoms with van der Waals surface area (Å²) in [5, 5.41) is 0. The number of nitrogens with two attached hydrogens (primary N) is 1. The number of hydrogen-bond donors (Lipinski definition) is 1. The summed E-state index contributed by atoms with van der Waals surface area (Å²) in [4.78, 5) is 0. The second-order valence-electron chi connectivity index (χ2n) is 6.67. The molecule has 0 aromatic carbocycles. The normalized spacial score (nSPS) is 26.1. The van der Waals surface area contributed by atoms with Crippen LogP contribution in [0.3, 0.4) is 0 Å². The molecule has 2 heteroatoms. The van der Waals surface area contributed by atoms with Crippen molar-refractivity contribution in [2.24, 2.45) is 23.5 Å². The van der Waals surface area contributed by atoms with E-state index in [1.165, 1.54) is 32.1 Å². The van der Waals surface area contributed by atoms with Gasteiger partial charge in [0.2, 0.25) is 0 Å². The van der Waals surface area contributed by atoms with Crippen LogP contribution in [0.4, 0.5) is 0 Å². The molecule has 1 rings (SSSR count). The SMILES string of the molecule is CC(C)CC[C@H](CCN)[C@H]1CCOC(C)(C)C1. The lowest BCUT2D eigenvalue weighted by Crippen LogP contribution is -2.37. The van der Waals surface area contributed by atoms with E-state index in [2.05, 4.69) is 27.7 Å². The first-order valence-electron chi connectivity index (χ1n) is 7.28. The van der Waals surface area contributed by atoms with E-state index in [1.807, 2.05) is 0 Å². The summed E-state index contributed by atoms with van der Waals surface area (Å²) < 4.78 is 5.82. The summed E-state index contributed by atoms with van der Waals surface area (Å²) in [6.45, 7) is 10.8. The number of hydrogen-bond acceptors (Lipinski definition) is 2. The molecule has 0 amide bonds. The van der Waals surface area contributed by atoms with Crippen LogP contribution in [0, 0.1) is 17.8 Å². The molecular formula is C15H31NO. The second kappa shape index (κ2) is 6.75. The highest BCUT2D eigenvalue weighted by molar-refractivity contribution is 4.83. The quantitative estimate of drug-likeness (QED) is 0.771. The van der Waals surface area contributed by atoms with E-state index in [0.717, 1.165) is 30.9 Å². The molecule has 2 nitrogen and oxygen atoms in total. The summed E-state index contributed by atoms with van der Waals surface area (Å²) in [5.74, 6) is 2.44. The molecule has 0 saturated carbocycles. The lowest BCUT2D eigenvalue weighted by Gasteiger charge is -2.39. The molecule has 2 atom stereocenters. The van der Waals surface area contributed by atoms with Crippen LogP contribution >= 0.6 is 0 Å². The standard InChI is InChI=1S/C15H31NO/c1-12(2)5-6-13(7-9-16)14-8-10-17-15(3,4)11-14/h12-14H,5-11,16H2,1-4H3/t13-,14+/m1/s1. The molecule has 0 spiro atoms. The lowest BCUT2D eigenvalue weighted by atomic mass is 9.76. The van der Waals surface area contributed by atoms with Gasteiger partial charge in [0.05, 0.1) is 5.60 Å². The molecule has 1 fully saturated rings. The van der Waals surface area contributed by atoms with Crippen molar-refractivity contribution in [2.45, 2.75) is 65.4 Å². The van der Waals surface area contributed by atoms with Crippen LogP contribution in [0.15, 0.2) is 0 Å². The van der Waals surface area contributed by atoms with E-state index >= 15 is 0 Å². The number of rotatable bonds is 6. The van der Waals surface area contributed by atoms with Crippen LogP contribution in [0.2, 0.25) is 0 Å². The van der Waals surface area contributed by atoms with E-state index < -0.39 is 0 Å². The molecule has 0 radical (unpaired) electrons. The van der Waals surface area contributed by atoms with Crippen LogP contribution in [0.25, 0.3) is 0 Å². The monoisotopic (exact) mass is 241 g/mol. The van der Waals surface area contributed by atoms with Crippen LogP contribution in [0.1, 0.15) is 59.8 Å². The van der Waals surface area contributed by atoms with E-state index in [-0.39, 0.29) is 5.60 Å². The fraction of sp³-hybridized carbons (Fsp3) is 1.00. The minimum Gasteiger partial charge on any atom is -0.376 e. The average molecular weight is 241 g/mol. The van der Waals surface area contributed by atoms with Gasteiger partial charge in [0, 0.05) is 6.61 Å². The Morgan fingerprint density at radius 2 is 1.94 bits per heavy atom. The molecule has 0 aromatic rings. The minimum absolute atomic E-state index is 0.0770. The van der Waals surface area contributed by atoms with Crippen molar-refractivity contribution in [1.82, 2.24) is 0 Å². The maximum Gasteiger partial charge on any atom is 0.0629 e. The Bertz CT molecular complexity index is 213. The van der Waals surface area contributed by atoms with Gasteiger partial charge in [-0.15, -0.1) is 0 Å². The minimum atomic E-state index is 0.0770. The van der Waals surface area contributed by atoms with Crippen molar-refractivity contribution in [3.8, 4) is 0 Å². The van der Waals surface area contributed by atoms with Crippen LogP contribution in [-0.4, -0.2) is 18.8 Å². The maximum absolute atomic E-state index is 5.82. The van der Waals surface area contributed by atoms with Crippen molar-refractivity contribution in [1.29, 1.82) is 0 Å². The Morgan fingerprint density at radius 1 is 1.24 bits per heavy atom. The van der Waals surface area contributed by atoms with Gasteiger partial charge in [0.1, 0.15) is 0 Å². The molecule has 0 unspecified atom stereocenters. The molecule has 0 bridgehead atoms. The molecule has 102 valence electrons. The van der Waals surface area contributed by atoms with Gasteiger partial charge < -0.3 is 10.5 Å². The summed E-state index contributed by atoms with van der Waals surface area (Å²) in [6, 6.07) is 0. The van der Waals surface area contributed by atoms with Crippen molar-refractivity contribution in [3.63, 3.8) is 0 Å².